The molecule has 2 amide bonds. The van der Waals surface area contributed by atoms with Gasteiger partial charge in [0.2, 0.25) is 5.91 Å². The van der Waals surface area contributed by atoms with Gasteiger partial charge in [-0.1, -0.05) is 56.1 Å². The Balaban J connectivity index is 1.49. The van der Waals surface area contributed by atoms with Crippen LogP contribution in [-0.4, -0.2) is 40.6 Å². The van der Waals surface area contributed by atoms with Crippen LogP contribution < -0.4 is 15.5 Å². The summed E-state index contributed by atoms with van der Waals surface area (Å²) in [4.78, 5) is 32.5. The Hall–Kier alpha value is -3.98. The van der Waals surface area contributed by atoms with E-state index in [0.717, 1.165) is 11.1 Å². The molecule has 1 saturated heterocycles. The second-order valence-electron chi connectivity index (χ2n) is 12.2. The molecule has 10 heteroatoms. The third-order valence-electron chi connectivity index (χ3n) is 7.84. The highest BCUT2D eigenvalue weighted by Crippen LogP contribution is 2.33. The number of aromatic nitrogens is 2. The highest BCUT2D eigenvalue weighted by Gasteiger charge is 2.28. The summed E-state index contributed by atoms with van der Waals surface area (Å²) in [5.74, 6) is -0.472. The van der Waals surface area contributed by atoms with Gasteiger partial charge in [0, 0.05) is 60.4 Å². The van der Waals surface area contributed by atoms with Crippen molar-refractivity contribution in [2.75, 3.05) is 23.3 Å². The lowest BCUT2D eigenvalue weighted by atomic mass is 9.95. The van der Waals surface area contributed by atoms with Gasteiger partial charge in [-0.05, 0) is 43.7 Å². The number of hydrogen-bond donors (Lipinski definition) is 2. The molecule has 0 aliphatic carbocycles. The fourth-order valence-corrected chi connectivity index (χ4v) is 5.41. The first-order chi connectivity index (χ1) is 20.3. The number of carbonyl (C=O) groups excluding carboxylic acids is 2. The summed E-state index contributed by atoms with van der Waals surface area (Å²) in [6.07, 6.45) is -0.498. The molecule has 0 radical (unpaired) electrons. The number of benzene rings is 3. The van der Waals surface area contributed by atoms with Crippen LogP contribution in [-0.2, 0) is 24.8 Å². The number of amides is 2. The first-order valence-corrected chi connectivity index (χ1v) is 14.7. The van der Waals surface area contributed by atoms with Crippen LogP contribution in [0.5, 0.6) is 0 Å². The number of halogens is 3. The molecule has 0 spiro atoms. The second-order valence-corrected chi connectivity index (χ2v) is 12.6. The molecule has 1 atom stereocenters. The molecule has 1 fully saturated rings. The van der Waals surface area contributed by atoms with Crippen molar-refractivity contribution in [3.63, 3.8) is 0 Å². The minimum Gasteiger partial charge on any atom is -0.368 e. The zero-order valence-corrected chi connectivity index (χ0v) is 25.8. The molecule has 1 aliphatic rings. The van der Waals surface area contributed by atoms with E-state index >= 15 is 4.39 Å². The summed E-state index contributed by atoms with van der Waals surface area (Å²) >= 11 is 6.46. The Morgan fingerprint density at radius 1 is 1.12 bits per heavy atom. The predicted molar refractivity (Wildman–Crippen MR) is 167 cm³/mol. The molecule has 0 unspecified atom stereocenters. The third kappa shape index (κ3) is 6.51. The summed E-state index contributed by atoms with van der Waals surface area (Å²) in [6, 6.07) is 14.2. The first-order valence-electron chi connectivity index (χ1n) is 14.3. The lowest BCUT2D eigenvalue weighted by molar-refractivity contribution is -0.128. The molecular formula is C33H36ClF2N5O2. The molecule has 4 aromatic rings. The number of rotatable bonds is 7. The summed E-state index contributed by atoms with van der Waals surface area (Å²) in [5, 5.41) is 5.98. The average molecular weight is 608 g/mol. The molecule has 43 heavy (non-hydrogen) atoms. The molecule has 1 aromatic heterocycles. The Morgan fingerprint density at radius 2 is 1.84 bits per heavy atom. The molecule has 3 aromatic carbocycles. The number of imidazole rings is 1. The molecule has 2 N–H and O–H groups in total. The van der Waals surface area contributed by atoms with Gasteiger partial charge in [0.1, 0.15) is 17.8 Å². The zero-order chi connectivity index (χ0) is 31.1. The maximum absolute atomic E-state index is 15.7. The van der Waals surface area contributed by atoms with Gasteiger partial charge in [-0.3, -0.25) is 9.59 Å². The van der Waals surface area contributed by atoms with E-state index < -0.39 is 17.4 Å². The van der Waals surface area contributed by atoms with Crippen LogP contribution in [0.1, 0.15) is 60.1 Å². The Labute approximate surface area is 255 Å². The molecule has 0 bridgehead atoms. The standard InChI is InChI=1S/C33H36ClF2N5O2/c1-19-6-9-22(10-7-19)38-31(42)24-14-26-28(16-27(24)41-13-12-21(35)18-41)40(5)29(39-26)15-23-25(34)11-8-20(30(23)36)17-37-32(43)33(2,3)4/h6-11,14,16,21H,12-13,15,17-18H2,1-5H3,(H,37,43)(H,38,42)/t21-/m1/s1. The molecule has 2 heterocycles. The molecular weight excluding hydrogens is 572 g/mol. The summed E-state index contributed by atoms with van der Waals surface area (Å²) in [6.45, 7) is 8.06. The van der Waals surface area contributed by atoms with E-state index in [1.54, 1.807) is 39.0 Å². The minimum atomic E-state index is -0.976. The van der Waals surface area contributed by atoms with Crippen LogP contribution in [0.3, 0.4) is 0 Å². The van der Waals surface area contributed by atoms with Crippen LogP contribution >= 0.6 is 11.6 Å². The van der Waals surface area contributed by atoms with E-state index in [2.05, 4.69) is 10.6 Å². The van der Waals surface area contributed by atoms with Crippen molar-refractivity contribution in [1.29, 1.82) is 0 Å². The van der Waals surface area contributed by atoms with E-state index in [4.69, 9.17) is 16.6 Å². The summed E-state index contributed by atoms with van der Waals surface area (Å²) < 4.78 is 31.8. The van der Waals surface area contributed by atoms with Gasteiger partial charge in [0.05, 0.1) is 22.3 Å². The Morgan fingerprint density at radius 3 is 2.49 bits per heavy atom. The van der Waals surface area contributed by atoms with Crippen LogP contribution in [0.15, 0.2) is 48.5 Å². The number of aryl methyl sites for hydroxylation is 2. The number of fused-ring (bicyclic) bond motifs is 1. The van der Waals surface area contributed by atoms with Crippen molar-refractivity contribution in [3.8, 4) is 0 Å². The van der Waals surface area contributed by atoms with Crippen molar-refractivity contribution < 1.29 is 18.4 Å². The first kappa shape index (κ1) is 30.5. The van der Waals surface area contributed by atoms with Crippen molar-refractivity contribution in [2.45, 2.75) is 53.3 Å². The van der Waals surface area contributed by atoms with E-state index in [1.807, 2.05) is 53.8 Å². The van der Waals surface area contributed by atoms with E-state index in [0.29, 0.717) is 46.8 Å². The van der Waals surface area contributed by atoms with Crippen molar-refractivity contribution >= 4 is 45.8 Å². The van der Waals surface area contributed by atoms with Gasteiger partial charge >= 0.3 is 0 Å². The third-order valence-corrected chi connectivity index (χ3v) is 8.19. The lowest BCUT2D eigenvalue weighted by Crippen LogP contribution is -2.34. The number of nitrogens with one attached hydrogen (secondary N) is 2. The number of anilines is 2. The van der Waals surface area contributed by atoms with Gasteiger partial charge in [0.25, 0.3) is 5.91 Å². The van der Waals surface area contributed by atoms with Crippen molar-refractivity contribution in [1.82, 2.24) is 14.9 Å². The van der Waals surface area contributed by atoms with Crippen molar-refractivity contribution in [2.24, 2.45) is 12.5 Å². The monoisotopic (exact) mass is 607 g/mol. The fraction of sp³-hybridized carbons (Fsp3) is 0.364. The van der Waals surface area contributed by atoms with Gasteiger partial charge < -0.3 is 20.1 Å². The predicted octanol–water partition coefficient (Wildman–Crippen LogP) is 6.73. The maximum atomic E-state index is 15.7. The van der Waals surface area contributed by atoms with E-state index in [9.17, 15) is 14.0 Å². The van der Waals surface area contributed by atoms with Crippen LogP contribution in [0.25, 0.3) is 11.0 Å². The zero-order valence-electron chi connectivity index (χ0n) is 25.0. The van der Waals surface area contributed by atoms with Crippen LogP contribution in [0.4, 0.5) is 20.2 Å². The smallest absolute Gasteiger partial charge is 0.257 e. The van der Waals surface area contributed by atoms with Crippen LogP contribution in [0.2, 0.25) is 5.02 Å². The second kappa shape index (κ2) is 12.0. The number of carbonyl (C=O) groups is 2. The summed E-state index contributed by atoms with van der Waals surface area (Å²) in [7, 11) is 1.82. The highest BCUT2D eigenvalue weighted by atomic mass is 35.5. The van der Waals surface area contributed by atoms with E-state index in [1.165, 1.54) is 0 Å². The number of hydrogen-bond acceptors (Lipinski definition) is 4. The molecule has 226 valence electrons. The van der Waals surface area contributed by atoms with Gasteiger partial charge in [0.15, 0.2) is 0 Å². The largest absolute Gasteiger partial charge is 0.368 e. The van der Waals surface area contributed by atoms with Crippen molar-refractivity contribution in [3.05, 3.63) is 87.4 Å². The molecule has 1 aliphatic heterocycles. The van der Waals surface area contributed by atoms with E-state index in [-0.39, 0.29) is 41.9 Å². The fourth-order valence-electron chi connectivity index (χ4n) is 5.19. The Bertz CT molecular complexity index is 1690. The topological polar surface area (TPSA) is 79.3 Å². The normalized spacial score (nSPS) is 15.3. The SMILES string of the molecule is Cc1ccc(NC(=O)c2cc3nc(Cc4c(Cl)ccc(CNC(=O)C(C)(C)C)c4F)n(C)c3cc2N2CC[C@@H](F)C2)cc1. The minimum absolute atomic E-state index is 0.0306. The number of nitrogens with zero attached hydrogens (tertiary/aromatic N) is 3. The lowest BCUT2D eigenvalue weighted by Gasteiger charge is -2.21. The quantitative estimate of drug-likeness (QED) is 0.244. The van der Waals surface area contributed by atoms with Crippen LogP contribution in [0, 0.1) is 18.2 Å². The highest BCUT2D eigenvalue weighted by molar-refractivity contribution is 6.31. The van der Waals surface area contributed by atoms with Gasteiger partial charge in [-0.25, -0.2) is 13.8 Å². The molecule has 5 rings (SSSR count). The number of alkyl halides is 1. The van der Waals surface area contributed by atoms with Gasteiger partial charge in [-0.2, -0.15) is 0 Å². The summed E-state index contributed by atoms with van der Waals surface area (Å²) in [5.41, 5.74) is 3.98. The Kier molecular flexibility index (Phi) is 8.47. The maximum Gasteiger partial charge on any atom is 0.257 e. The van der Waals surface area contributed by atoms with Gasteiger partial charge in [-0.15, -0.1) is 0 Å². The molecule has 7 nitrogen and oxygen atoms in total. The average Bonchev–Trinajstić information content (AvgIpc) is 3.52. The molecule has 0 saturated carbocycles.